The lowest BCUT2D eigenvalue weighted by Gasteiger charge is -2.22. The van der Waals surface area contributed by atoms with Gasteiger partial charge in [-0.2, -0.15) is 0 Å². The molecular formula is C27H23F4N5O. The largest absolute Gasteiger partial charge is 0.495 e. The van der Waals surface area contributed by atoms with E-state index >= 15 is 0 Å². The first-order valence-corrected chi connectivity index (χ1v) is 11.5. The summed E-state index contributed by atoms with van der Waals surface area (Å²) in [6, 6.07) is 8.42. The molecule has 0 amide bonds. The molecule has 2 aliphatic heterocycles. The van der Waals surface area contributed by atoms with Crippen molar-refractivity contribution >= 4 is 0 Å². The van der Waals surface area contributed by atoms with Crippen LogP contribution in [0.3, 0.4) is 0 Å². The summed E-state index contributed by atoms with van der Waals surface area (Å²) in [5.41, 5.74) is 2.87. The smallest absolute Gasteiger partial charge is 0.265 e. The van der Waals surface area contributed by atoms with Crippen LogP contribution >= 0.6 is 0 Å². The minimum absolute atomic E-state index is 0.105. The Morgan fingerprint density at radius 1 is 0.919 bits per heavy atom. The van der Waals surface area contributed by atoms with E-state index in [-0.39, 0.29) is 16.7 Å². The Bertz CT molecular complexity index is 1550. The number of hydrogen-bond acceptors (Lipinski definition) is 4. The highest BCUT2D eigenvalue weighted by Crippen LogP contribution is 2.39. The van der Waals surface area contributed by atoms with Crippen LogP contribution in [0.2, 0.25) is 0 Å². The standard InChI is InChI=1S/C27H23F4N5O/c1-14-11-35(13-32-14)23-6-5-17(10-24(23)37-4)25-20-7-19(26(30)31)12-36(27(20)34-33-25)16(3)18-8-21(28)15(2)22(29)9-18/h5-13,16,26H,1-4H3. The molecule has 2 aliphatic rings. The molecule has 5 rings (SSSR count). The Labute approximate surface area is 210 Å². The van der Waals surface area contributed by atoms with Crippen molar-refractivity contribution in [1.82, 2.24) is 24.3 Å². The molecule has 1 unspecified atom stereocenters. The number of fused-ring (bicyclic) bond motifs is 1. The number of hydrogen-bond donors (Lipinski definition) is 0. The lowest BCUT2D eigenvalue weighted by molar-refractivity contribution is 0.150. The highest BCUT2D eigenvalue weighted by molar-refractivity contribution is 5.80. The van der Waals surface area contributed by atoms with Crippen molar-refractivity contribution in [2.24, 2.45) is 0 Å². The third-order valence-corrected chi connectivity index (χ3v) is 6.48. The summed E-state index contributed by atoms with van der Waals surface area (Å²) < 4.78 is 65.3. The van der Waals surface area contributed by atoms with Crippen LogP contribution < -0.4 is 4.74 Å². The van der Waals surface area contributed by atoms with E-state index in [4.69, 9.17) is 4.74 Å². The molecule has 0 saturated carbocycles. The average molecular weight is 510 g/mol. The molecule has 10 heteroatoms. The van der Waals surface area contributed by atoms with Crippen LogP contribution in [0.25, 0.3) is 28.3 Å². The van der Waals surface area contributed by atoms with Crippen molar-refractivity contribution in [3.8, 4) is 34.1 Å². The molecule has 0 fully saturated rings. The van der Waals surface area contributed by atoms with Gasteiger partial charge in [0.1, 0.15) is 23.1 Å². The van der Waals surface area contributed by atoms with Gasteiger partial charge in [0.25, 0.3) is 6.43 Å². The number of halogens is 4. The fraction of sp³-hybridized carbons (Fsp3) is 0.222. The van der Waals surface area contributed by atoms with Gasteiger partial charge in [-0.3, -0.25) is 0 Å². The summed E-state index contributed by atoms with van der Waals surface area (Å²) in [6.45, 7) is 4.88. The summed E-state index contributed by atoms with van der Waals surface area (Å²) in [6.07, 6.45) is 1.99. The number of benzene rings is 2. The van der Waals surface area contributed by atoms with E-state index in [9.17, 15) is 17.6 Å². The van der Waals surface area contributed by atoms with Crippen LogP contribution in [-0.2, 0) is 0 Å². The van der Waals surface area contributed by atoms with E-state index in [1.807, 2.05) is 23.8 Å². The number of nitrogens with zero attached hydrogens (tertiary/aromatic N) is 5. The van der Waals surface area contributed by atoms with Crippen LogP contribution in [0.1, 0.15) is 41.8 Å². The molecule has 3 heterocycles. The minimum atomic E-state index is -2.78. The number of rotatable bonds is 6. The third-order valence-electron chi connectivity index (χ3n) is 6.48. The molecular weight excluding hydrogens is 486 g/mol. The molecule has 0 N–H and O–H groups in total. The number of alkyl halides is 2. The summed E-state index contributed by atoms with van der Waals surface area (Å²) in [5.74, 6) is -0.582. The summed E-state index contributed by atoms with van der Waals surface area (Å²) in [7, 11) is 1.53. The predicted molar refractivity (Wildman–Crippen MR) is 130 cm³/mol. The second-order valence-electron chi connectivity index (χ2n) is 8.86. The molecule has 0 bridgehead atoms. The van der Waals surface area contributed by atoms with Crippen LogP contribution in [0, 0.1) is 25.5 Å². The number of imidazole rings is 1. The quantitative estimate of drug-likeness (QED) is 0.240. The highest BCUT2D eigenvalue weighted by Gasteiger charge is 2.26. The normalized spacial score (nSPS) is 12.5. The number of methoxy groups -OCH3 is 1. The molecule has 3 aromatic rings. The first-order chi connectivity index (χ1) is 17.7. The fourth-order valence-corrected chi connectivity index (χ4v) is 4.35. The van der Waals surface area contributed by atoms with Gasteiger partial charge in [-0.25, -0.2) is 22.5 Å². The Kier molecular flexibility index (Phi) is 6.18. The van der Waals surface area contributed by atoms with Crippen molar-refractivity contribution in [2.45, 2.75) is 33.2 Å². The topological polar surface area (TPSA) is 57.8 Å². The van der Waals surface area contributed by atoms with E-state index in [2.05, 4.69) is 15.2 Å². The molecule has 0 aliphatic carbocycles. The fourth-order valence-electron chi connectivity index (χ4n) is 4.35. The van der Waals surface area contributed by atoms with Crippen LogP contribution in [0.15, 0.2) is 55.1 Å². The number of aromatic nitrogens is 5. The number of pyridine rings is 1. The van der Waals surface area contributed by atoms with Crippen molar-refractivity contribution < 1.29 is 22.3 Å². The van der Waals surface area contributed by atoms with Crippen molar-refractivity contribution in [3.63, 3.8) is 0 Å². The lowest BCUT2D eigenvalue weighted by atomic mass is 10.0. The van der Waals surface area contributed by atoms with E-state index < -0.39 is 24.1 Å². The highest BCUT2D eigenvalue weighted by atomic mass is 19.3. The Morgan fingerprint density at radius 2 is 1.65 bits per heavy atom. The van der Waals surface area contributed by atoms with Gasteiger partial charge in [0.2, 0.25) is 0 Å². The van der Waals surface area contributed by atoms with E-state index in [1.54, 1.807) is 25.4 Å². The molecule has 6 nitrogen and oxygen atoms in total. The first-order valence-electron chi connectivity index (χ1n) is 11.5. The molecule has 37 heavy (non-hydrogen) atoms. The second kappa shape index (κ2) is 9.34. The second-order valence-corrected chi connectivity index (χ2v) is 8.86. The van der Waals surface area contributed by atoms with Crippen LogP contribution in [-0.4, -0.2) is 31.4 Å². The monoisotopic (exact) mass is 509 g/mol. The maximum Gasteiger partial charge on any atom is 0.265 e. The minimum Gasteiger partial charge on any atom is -0.495 e. The zero-order valence-corrected chi connectivity index (χ0v) is 20.5. The van der Waals surface area contributed by atoms with E-state index in [0.717, 1.165) is 11.4 Å². The van der Waals surface area contributed by atoms with Gasteiger partial charge in [0.15, 0.2) is 5.82 Å². The van der Waals surface area contributed by atoms with Gasteiger partial charge >= 0.3 is 0 Å². The van der Waals surface area contributed by atoms with Gasteiger partial charge in [-0.15, -0.1) is 10.2 Å². The zero-order chi connectivity index (χ0) is 26.4. The SMILES string of the molecule is COc1cc(-c2nnc3n(C(C)c4cc(F)c(C)c(F)c4)cc(C(F)F)cc2-3)ccc1-n1cnc(C)c1. The average Bonchev–Trinajstić information content (AvgIpc) is 3.51. The maximum atomic E-state index is 14.3. The Hall–Kier alpha value is -4.21. The molecule has 190 valence electrons. The summed E-state index contributed by atoms with van der Waals surface area (Å²) in [4.78, 5) is 4.24. The first kappa shape index (κ1) is 24.5. The van der Waals surface area contributed by atoms with Crippen molar-refractivity contribution in [2.75, 3.05) is 7.11 Å². The molecule has 0 radical (unpaired) electrons. The van der Waals surface area contributed by atoms with Gasteiger partial charge in [0.05, 0.1) is 30.9 Å². The number of ether oxygens (including phenoxy) is 1. The van der Waals surface area contributed by atoms with E-state index in [1.165, 1.54) is 43.0 Å². The Balaban J connectivity index is 1.62. The molecule has 1 atom stereocenters. The zero-order valence-electron chi connectivity index (χ0n) is 20.5. The molecule has 2 aromatic carbocycles. The summed E-state index contributed by atoms with van der Waals surface area (Å²) >= 11 is 0. The number of aryl methyl sites for hydroxylation is 1. The van der Waals surface area contributed by atoms with Gasteiger partial charge in [0, 0.05) is 34.6 Å². The Morgan fingerprint density at radius 3 is 2.27 bits per heavy atom. The lowest BCUT2D eigenvalue weighted by Crippen LogP contribution is -2.13. The van der Waals surface area contributed by atoms with Gasteiger partial charge in [-0.1, -0.05) is 6.07 Å². The molecule has 1 aromatic heterocycles. The van der Waals surface area contributed by atoms with E-state index in [0.29, 0.717) is 28.4 Å². The predicted octanol–water partition coefficient (Wildman–Crippen LogP) is 6.69. The molecule has 0 spiro atoms. The van der Waals surface area contributed by atoms with Crippen molar-refractivity contribution in [3.05, 3.63) is 89.1 Å². The maximum absolute atomic E-state index is 14.3. The van der Waals surface area contributed by atoms with Gasteiger partial charge in [-0.05, 0) is 56.7 Å². The summed E-state index contributed by atoms with van der Waals surface area (Å²) in [5, 5.41) is 8.56. The van der Waals surface area contributed by atoms with Crippen molar-refractivity contribution in [1.29, 1.82) is 0 Å². The van der Waals surface area contributed by atoms with Gasteiger partial charge < -0.3 is 13.9 Å². The molecule has 0 saturated heterocycles. The van der Waals surface area contributed by atoms with Crippen LogP contribution in [0.5, 0.6) is 5.75 Å². The van der Waals surface area contributed by atoms with Crippen LogP contribution in [0.4, 0.5) is 17.6 Å². The third kappa shape index (κ3) is 4.32.